The lowest BCUT2D eigenvalue weighted by Gasteiger charge is -2.15. The SMILES string of the molecule is NC(=O)OC(Cl)c1ccc(CC2c3ccccc3-c3ccccc32)cc1. The van der Waals surface area contributed by atoms with Crippen molar-refractivity contribution in [2.75, 3.05) is 0 Å². The van der Waals surface area contributed by atoms with Crippen LogP contribution in [-0.4, -0.2) is 6.09 Å². The third-order valence-electron chi connectivity index (χ3n) is 4.86. The van der Waals surface area contributed by atoms with Gasteiger partial charge >= 0.3 is 6.09 Å². The molecule has 0 aromatic heterocycles. The van der Waals surface area contributed by atoms with E-state index in [1.54, 1.807) is 0 Å². The largest absolute Gasteiger partial charge is 0.425 e. The highest BCUT2D eigenvalue weighted by Crippen LogP contribution is 2.45. The predicted molar refractivity (Wildman–Crippen MR) is 103 cm³/mol. The summed E-state index contributed by atoms with van der Waals surface area (Å²) in [6.45, 7) is 0. The lowest BCUT2D eigenvalue weighted by atomic mass is 9.90. The average molecular weight is 364 g/mol. The highest BCUT2D eigenvalue weighted by Gasteiger charge is 2.27. The number of hydrogen-bond acceptors (Lipinski definition) is 2. The number of alkyl halides is 1. The Bertz CT molecular complexity index is 907. The molecule has 4 rings (SSSR count). The second-order valence-electron chi connectivity index (χ2n) is 6.43. The van der Waals surface area contributed by atoms with E-state index < -0.39 is 11.7 Å². The highest BCUT2D eigenvalue weighted by molar-refractivity contribution is 6.20. The summed E-state index contributed by atoms with van der Waals surface area (Å²) in [6, 6.07) is 25.0. The van der Waals surface area contributed by atoms with Gasteiger partial charge in [0.05, 0.1) is 0 Å². The molecule has 3 aromatic rings. The smallest absolute Gasteiger partial charge is 0.406 e. The molecule has 3 nitrogen and oxygen atoms in total. The Hall–Kier alpha value is -2.78. The van der Waals surface area contributed by atoms with Crippen molar-refractivity contribution in [1.29, 1.82) is 0 Å². The number of primary amides is 1. The number of rotatable bonds is 4. The lowest BCUT2D eigenvalue weighted by molar-refractivity contribution is 0.143. The number of ether oxygens (including phenoxy) is 1. The van der Waals surface area contributed by atoms with Gasteiger partial charge in [-0.25, -0.2) is 4.79 Å². The number of halogens is 1. The first-order chi connectivity index (χ1) is 12.6. The summed E-state index contributed by atoms with van der Waals surface area (Å²) in [5.41, 5.74) is 11.4. The summed E-state index contributed by atoms with van der Waals surface area (Å²) in [4.78, 5) is 10.8. The van der Waals surface area contributed by atoms with E-state index in [0.29, 0.717) is 11.5 Å². The molecule has 1 amide bonds. The van der Waals surface area contributed by atoms with Crippen LogP contribution in [0.4, 0.5) is 4.79 Å². The average Bonchev–Trinajstić information content (AvgIpc) is 2.96. The van der Waals surface area contributed by atoms with Crippen LogP contribution in [0.5, 0.6) is 0 Å². The zero-order valence-corrected chi connectivity index (χ0v) is 14.8. The Balaban J connectivity index is 1.61. The Morgan fingerprint density at radius 1 is 0.923 bits per heavy atom. The van der Waals surface area contributed by atoms with Crippen LogP contribution < -0.4 is 5.73 Å². The molecule has 26 heavy (non-hydrogen) atoms. The maximum atomic E-state index is 10.8. The molecule has 0 saturated heterocycles. The number of nitrogens with two attached hydrogens (primary N) is 1. The third kappa shape index (κ3) is 3.06. The highest BCUT2D eigenvalue weighted by atomic mass is 35.5. The van der Waals surface area contributed by atoms with Crippen molar-refractivity contribution in [2.45, 2.75) is 17.9 Å². The minimum atomic E-state index is -0.881. The van der Waals surface area contributed by atoms with Crippen LogP contribution in [0.3, 0.4) is 0 Å². The summed E-state index contributed by atoms with van der Waals surface area (Å²) < 4.78 is 4.81. The number of amides is 1. The van der Waals surface area contributed by atoms with Gasteiger partial charge in [0.15, 0.2) is 0 Å². The normalized spacial score (nSPS) is 13.7. The lowest BCUT2D eigenvalue weighted by Crippen LogP contribution is -2.14. The molecule has 0 saturated carbocycles. The maximum Gasteiger partial charge on any atom is 0.406 e. The van der Waals surface area contributed by atoms with Crippen LogP contribution in [0, 0.1) is 0 Å². The molecule has 0 aliphatic heterocycles. The molecule has 0 spiro atoms. The van der Waals surface area contributed by atoms with E-state index in [2.05, 4.69) is 48.5 Å². The molecule has 0 fully saturated rings. The van der Waals surface area contributed by atoms with Crippen molar-refractivity contribution in [2.24, 2.45) is 5.73 Å². The molecule has 0 radical (unpaired) electrons. The first-order valence-corrected chi connectivity index (χ1v) is 8.94. The zero-order valence-electron chi connectivity index (χ0n) is 14.1. The van der Waals surface area contributed by atoms with Gasteiger partial charge in [-0.1, -0.05) is 84.4 Å². The van der Waals surface area contributed by atoms with Crippen LogP contribution in [0.25, 0.3) is 11.1 Å². The first kappa shape index (κ1) is 16.7. The molecule has 0 heterocycles. The van der Waals surface area contributed by atoms with Crippen molar-refractivity contribution in [3.8, 4) is 11.1 Å². The van der Waals surface area contributed by atoms with Crippen LogP contribution in [0.15, 0.2) is 72.8 Å². The van der Waals surface area contributed by atoms with E-state index in [0.717, 1.165) is 6.42 Å². The molecule has 0 bridgehead atoms. The molecule has 4 heteroatoms. The molecular formula is C22H18ClNO2. The fraction of sp³-hybridized carbons (Fsp3) is 0.136. The minimum absolute atomic E-state index is 0.335. The number of carbonyl (C=O) groups is 1. The summed E-state index contributed by atoms with van der Waals surface area (Å²) in [5, 5.41) is 0. The van der Waals surface area contributed by atoms with E-state index in [1.165, 1.54) is 27.8 Å². The van der Waals surface area contributed by atoms with Gasteiger partial charge < -0.3 is 10.5 Å². The van der Waals surface area contributed by atoms with Gasteiger partial charge in [0, 0.05) is 11.5 Å². The zero-order chi connectivity index (χ0) is 18.1. The van der Waals surface area contributed by atoms with Gasteiger partial charge in [0.1, 0.15) is 0 Å². The quantitative estimate of drug-likeness (QED) is 0.633. The Labute approximate surface area is 157 Å². The molecule has 130 valence electrons. The second kappa shape index (κ2) is 6.85. The van der Waals surface area contributed by atoms with E-state index in [-0.39, 0.29) is 0 Å². The van der Waals surface area contributed by atoms with Crippen LogP contribution >= 0.6 is 11.6 Å². The van der Waals surface area contributed by atoms with E-state index in [9.17, 15) is 4.79 Å². The summed E-state index contributed by atoms with van der Waals surface area (Å²) in [5.74, 6) is 0.335. The number of hydrogen-bond donors (Lipinski definition) is 1. The van der Waals surface area contributed by atoms with Crippen LogP contribution in [0.2, 0.25) is 0 Å². The molecule has 1 aliphatic rings. The fourth-order valence-corrected chi connectivity index (χ4v) is 3.92. The molecular weight excluding hydrogens is 346 g/mol. The van der Waals surface area contributed by atoms with Gasteiger partial charge in [-0.05, 0) is 34.2 Å². The molecule has 3 aromatic carbocycles. The van der Waals surface area contributed by atoms with Crippen LogP contribution in [0.1, 0.15) is 33.7 Å². The van der Waals surface area contributed by atoms with Gasteiger partial charge in [0.25, 0.3) is 0 Å². The van der Waals surface area contributed by atoms with Crippen molar-refractivity contribution >= 4 is 17.7 Å². The van der Waals surface area contributed by atoms with Crippen molar-refractivity contribution in [3.63, 3.8) is 0 Å². The summed E-state index contributed by atoms with van der Waals surface area (Å²) in [6.07, 6.45) is 0.0195. The number of carbonyl (C=O) groups excluding carboxylic acids is 1. The molecule has 1 atom stereocenters. The fourth-order valence-electron chi connectivity index (χ4n) is 3.69. The molecule has 1 aliphatic carbocycles. The third-order valence-corrected chi connectivity index (χ3v) is 5.20. The maximum absolute atomic E-state index is 10.8. The Morgan fingerprint density at radius 3 is 2.00 bits per heavy atom. The van der Waals surface area contributed by atoms with Gasteiger partial charge in [-0.3, -0.25) is 0 Å². The van der Waals surface area contributed by atoms with Crippen molar-refractivity contribution in [1.82, 2.24) is 0 Å². The van der Waals surface area contributed by atoms with Crippen molar-refractivity contribution < 1.29 is 9.53 Å². The second-order valence-corrected chi connectivity index (χ2v) is 6.82. The van der Waals surface area contributed by atoms with Gasteiger partial charge in [-0.15, -0.1) is 0 Å². The van der Waals surface area contributed by atoms with Gasteiger partial charge in [-0.2, -0.15) is 0 Å². The minimum Gasteiger partial charge on any atom is -0.425 e. The first-order valence-electron chi connectivity index (χ1n) is 8.50. The monoisotopic (exact) mass is 363 g/mol. The predicted octanol–water partition coefficient (Wildman–Crippen LogP) is 5.37. The summed E-state index contributed by atoms with van der Waals surface area (Å²) in [7, 11) is 0. The number of fused-ring (bicyclic) bond motifs is 3. The van der Waals surface area contributed by atoms with Gasteiger partial charge in [0.2, 0.25) is 5.56 Å². The molecule has 1 unspecified atom stereocenters. The molecule has 2 N–H and O–H groups in total. The van der Waals surface area contributed by atoms with Crippen LogP contribution in [-0.2, 0) is 11.2 Å². The van der Waals surface area contributed by atoms with Crippen molar-refractivity contribution in [3.05, 3.63) is 95.1 Å². The number of benzene rings is 3. The Morgan fingerprint density at radius 2 is 1.46 bits per heavy atom. The standard InChI is InChI=1S/C22H18ClNO2/c23-21(26-22(24)25)15-11-9-14(10-12-15)13-20-18-7-3-1-5-16(18)17-6-2-4-8-19(17)20/h1-12,20-21H,13H2,(H2,24,25). The van der Waals surface area contributed by atoms with E-state index >= 15 is 0 Å². The van der Waals surface area contributed by atoms with E-state index in [1.807, 2.05) is 24.3 Å². The summed E-state index contributed by atoms with van der Waals surface area (Å²) >= 11 is 6.03. The Kier molecular flexibility index (Phi) is 4.39. The topological polar surface area (TPSA) is 52.3 Å². The van der Waals surface area contributed by atoms with E-state index in [4.69, 9.17) is 22.1 Å².